The van der Waals surface area contributed by atoms with E-state index in [4.69, 9.17) is 0 Å². The van der Waals surface area contributed by atoms with Crippen LogP contribution in [0.4, 0.5) is 0 Å². The lowest BCUT2D eigenvalue weighted by Gasteiger charge is -2.03. The lowest BCUT2D eigenvalue weighted by atomic mass is 10.4. The second kappa shape index (κ2) is 3.67. The van der Waals surface area contributed by atoms with Crippen LogP contribution in [0.2, 0.25) is 0 Å². The van der Waals surface area contributed by atoms with Crippen LogP contribution in [0.15, 0.2) is 24.4 Å². The van der Waals surface area contributed by atoms with Crippen molar-refractivity contribution >= 4 is 10.0 Å². The van der Waals surface area contributed by atoms with E-state index >= 15 is 0 Å². The Labute approximate surface area is 83.4 Å². The topological polar surface area (TPSA) is 59.1 Å². The molecule has 1 N–H and O–H groups in total. The maximum absolute atomic E-state index is 11.4. The molecule has 1 aliphatic rings. The molecular formula is C9H12N2O2S. The van der Waals surface area contributed by atoms with E-state index in [-0.39, 0.29) is 5.25 Å². The van der Waals surface area contributed by atoms with Gasteiger partial charge in [0.05, 0.1) is 17.5 Å². The summed E-state index contributed by atoms with van der Waals surface area (Å²) in [5.41, 5.74) is 0.747. The molecule has 1 heterocycles. The van der Waals surface area contributed by atoms with Gasteiger partial charge in [0.2, 0.25) is 10.0 Å². The molecule has 0 aromatic carbocycles. The Morgan fingerprint density at radius 3 is 2.79 bits per heavy atom. The fourth-order valence-corrected chi connectivity index (χ4v) is 2.51. The van der Waals surface area contributed by atoms with Crippen molar-refractivity contribution in [2.45, 2.75) is 24.6 Å². The molecular weight excluding hydrogens is 200 g/mol. The standard InChI is InChI=1S/C9H12N2O2S/c12-14(13,9-4-5-9)11-7-8-3-1-2-6-10-8/h1-3,6,9,11H,4-5,7H2. The molecule has 0 spiro atoms. The zero-order valence-electron chi connectivity index (χ0n) is 7.68. The van der Waals surface area contributed by atoms with Gasteiger partial charge in [0, 0.05) is 6.20 Å². The highest BCUT2D eigenvalue weighted by Gasteiger charge is 2.35. The molecule has 0 bridgehead atoms. The molecule has 0 amide bonds. The molecule has 2 rings (SSSR count). The Morgan fingerprint density at radius 1 is 1.43 bits per heavy atom. The average molecular weight is 212 g/mol. The second-order valence-corrected chi connectivity index (χ2v) is 5.43. The van der Waals surface area contributed by atoms with Crippen molar-refractivity contribution in [3.63, 3.8) is 0 Å². The molecule has 0 saturated heterocycles. The predicted octanol–water partition coefficient (Wildman–Crippen LogP) is 0.663. The first-order valence-corrected chi connectivity index (χ1v) is 6.11. The van der Waals surface area contributed by atoms with Gasteiger partial charge >= 0.3 is 0 Å². The molecule has 4 nitrogen and oxygen atoms in total. The summed E-state index contributed by atoms with van der Waals surface area (Å²) >= 11 is 0. The smallest absolute Gasteiger partial charge is 0.214 e. The highest BCUT2D eigenvalue weighted by atomic mass is 32.2. The molecule has 1 fully saturated rings. The zero-order chi connectivity index (χ0) is 10.0. The Bertz CT molecular complexity index is 398. The number of rotatable bonds is 4. The fraction of sp³-hybridized carbons (Fsp3) is 0.444. The number of aromatic nitrogens is 1. The van der Waals surface area contributed by atoms with Crippen molar-refractivity contribution in [1.29, 1.82) is 0 Å². The first kappa shape index (κ1) is 9.61. The third kappa shape index (κ3) is 2.30. The molecule has 14 heavy (non-hydrogen) atoms. The maximum atomic E-state index is 11.4. The van der Waals surface area contributed by atoms with Crippen LogP contribution in [-0.2, 0) is 16.6 Å². The van der Waals surface area contributed by atoms with Crippen LogP contribution in [0.5, 0.6) is 0 Å². The van der Waals surface area contributed by atoms with Crippen molar-refractivity contribution in [1.82, 2.24) is 9.71 Å². The van der Waals surface area contributed by atoms with E-state index in [1.165, 1.54) is 0 Å². The summed E-state index contributed by atoms with van der Waals surface area (Å²) in [4.78, 5) is 4.03. The van der Waals surface area contributed by atoms with E-state index in [0.29, 0.717) is 6.54 Å². The predicted molar refractivity (Wildman–Crippen MR) is 53.0 cm³/mol. The van der Waals surface area contributed by atoms with Crippen LogP contribution in [0, 0.1) is 0 Å². The number of pyridine rings is 1. The summed E-state index contributed by atoms with van der Waals surface area (Å²) in [7, 11) is -3.08. The molecule has 1 aliphatic carbocycles. The normalized spacial score (nSPS) is 16.9. The fourth-order valence-electron chi connectivity index (χ4n) is 1.17. The van der Waals surface area contributed by atoms with E-state index < -0.39 is 10.0 Å². The van der Waals surface area contributed by atoms with Gasteiger partial charge in [-0.05, 0) is 25.0 Å². The summed E-state index contributed by atoms with van der Waals surface area (Å²) in [6.45, 7) is 0.291. The third-order valence-corrected chi connectivity index (χ3v) is 4.04. The van der Waals surface area contributed by atoms with Crippen molar-refractivity contribution in [3.8, 4) is 0 Å². The minimum absolute atomic E-state index is 0.161. The van der Waals surface area contributed by atoms with Gasteiger partial charge in [-0.25, -0.2) is 13.1 Å². The number of hydrogen-bond donors (Lipinski definition) is 1. The SMILES string of the molecule is O=S(=O)(NCc1ccccn1)C1CC1. The molecule has 1 aromatic rings. The molecule has 0 radical (unpaired) electrons. The third-order valence-electron chi connectivity index (χ3n) is 2.14. The zero-order valence-corrected chi connectivity index (χ0v) is 8.50. The highest BCUT2D eigenvalue weighted by Crippen LogP contribution is 2.27. The maximum Gasteiger partial charge on any atom is 0.214 e. The van der Waals surface area contributed by atoms with E-state index in [9.17, 15) is 8.42 Å². The number of sulfonamides is 1. The van der Waals surface area contributed by atoms with Gasteiger partial charge in [0.25, 0.3) is 0 Å². The monoisotopic (exact) mass is 212 g/mol. The van der Waals surface area contributed by atoms with Gasteiger partial charge in [-0.3, -0.25) is 4.98 Å². The van der Waals surface area contributed by atoms with Crippen LogP contribution in [0.25, 0.3) is 0 Å². The summed E-state index contributed by atoms with van der Waals surface area (Å²) < 4.78 is 25.4. The minimum atomic E-state index is -3.08. The van der Waals surface area contributed by atoms with E-state index in [0.717, 1.165) is 18.5 Å². The summed E-state index contributed by atoms with van der Waals surface area (Å²) in [5.74, 6) is 0. The molecule has 1 aromatic heterocycles. The Hall–Kier alpha value is -0.940. The summed E-state index contributed by atoms with van der Waals surface area (Å²) in [5, 5.41) is -0.161. The highest BCUT2D eigenvalue weighted by molar-refractivity contribution is 7.90. The molecule has 0 atom stereocenters. The quantitative estimate of drug-likeness (QED) is 0.797. The molecule has 0 unspecified atom stereocenters. The molecule has 5 heteroatoms. The number of nitrogens with one attached hydrogen (secondary N) is 1. The second-order valence-electron chi connectivity index (χ2n) is 3.39. The van der Waals surface area contributed by atoms with Gasteiger partial charge < -0.3 is 0 Å². The summed E-state index contributed by atoms with van der Waals surface area (Å²) in [6, 6.07) is 5.45. The Morgan fingerprint density at radius 2 is 2.21 bits per heavy atom. The van der Waals surface area contributed by atoms with Crippen LogP contribution >= 0.6 is 0 Å². The molecule has 76 valence electrons. The average Bonchev–Trinajstić information content (AvgIpc) is 3.00. The van der Waals surface area contributed by atoms with Gasteiger partial charge in [0.1, 0.15) is 0 Å². The largest absolute Gasteiger partial charge is 0.260 e. The van der Waals surface area contributed by atoms with Gasteiger partial charge in [-0.2, -0.15) is 0 Å². The van der Waals surface area contributed by atoms with Crippen LogP contribution in [-0.4, -0.2) is 18.7 Å². The number of hydrogen-bond acceptors (Lipinski definition) is 3. The van der Waals surface area contributed by atoms with Crippen molar-refractivity contribution < 1.29 is 8.42 Å². The first-order valence-electron chi connectivity index (χ1n) is 4.57. The molecule has 1 saturated carbocycles. The van der Waals surface area contributed by atoms with Crippen LogP contribution < -0.4 is 4.72 Å². The minimum Gasteiger partial charge on any atom is -0.260 e. The van der Waals surface area contributed by atoms with E-state index in [1.54, 1.807) is 18.3 Å². The molecule has 0 aliphatic heterocycles. The van der Waals surface area contributed by atoms with Gasteiger partial charge in [0.15, 0.2) is 0 Å². The lowest BCUT2D eigenvalue weighted by Crippen LogP contribution is -2.26. The van der Waals surface area contributed by atoms with Crippen LogP contribution in [0.3, 0.4) is 0 Å². The van der Waals surface area contributed by atoms with E-state index in [2.05, 4.69) is 9.71 Å². The van der Waals surface area contributed by atoms with Crippen molar-refractivity contribution in [3.05, 3.63) is 30.1 Å². The Kier molecular flexibility index (Phi) is 2.52. The Balaban J connectivity index is 1.94. The van der Waals surface area contributed by atoms with Gasteiger partial charge in [-0.1, -0.05) is 6.07 Å². The van der Waals surface area contributed by atoms with Crippen LogP contribution in [0.1, 0.15) is 18.5 Å². The van der Waals surface area contributed by atoms with E-state index in [1.807, 2.05) is 6.07 Å². The van der Waals surface area contributed by atoms with Crippen molar-refractivity contribution in [2.24, 2.45) is 0 Å². The summed E-state index contributed by atoms with van der Waals surface area (Å²) in [6.07, 6.45) is 3.23. The first-order chi connectivity index (χ1) is 6.68. The van der Waals surface area contributed by atoms with Gasteiger partial charge in [-0.15, -0.1) is 0 Å². The van der Waals surface area contributed by atoms with Crippen molar-refractivity contribution in [2.75, 3.05) is 0 Å². The lowest BCUT2D eigenvalue weighted by molar-refractivity contribution is 0.579. The number of nitrogens with zero attached hydrogens (tertiary/aromatic N) is 1.